The lowest BCUT2D eigenvalue weighted by Gasteiger charge is -2.07. The van der Waals surface area contributed by atoms with Gasteiger partial charge >= 0.3 is 11.4 Å². The van der Waals surface area contributed by atoms with E-state index in [2.05, 4.69) is 20.9 Å². The maximum Gasteiger partial charge on any atom is 0.351 e. The Hall–Kier alpha value is -2.73. The summed E-state index contributed by atoms with van der Waals surface area (Å²) in [6.07, 6.45) is 1.22. The number of nitrogens with zero attached hydrogens (tertiary/aromatic N) is 2. The van der Waals surface area contributed by atoms with Crippen LogP contribution in [0.25, 0.3) is 33.3 Å². The van der Waals surface area contributed by atoms with Crippen LogP contribution in [0.5, 0.6) is 0 Å². The quantitative estimate of drug-likeness (QED) is 0.223. The molecule has 2 aromatic carbocycles. The van der Waals surface area contributed by atoms with Gasteiger partial charge in [0.15, 0.2) is 5.39 Å². The van der Waals surface area contributed by atoms with Crippen LogP contribution < -0.4 is 10.4 Å². The van der Waals surface area contributed by atoms with Crippen LogP contribution in [0.15, 0.2) is 68.4 Å². The highest BCUT2D eigenvalue weighted by Gasteiger charge is 2.19. The van der Waals surface area contributed by atoms with Crippen molar-refractivity contribution in [2.75, 3.05) is 0 Å². The van der Waals surface area contributed by atoms with E-state index in [1.807, 2.05) is 24.3 Å². The first-order chi connectivity index (χ1) is 11.1. The second-order valence-electron chi connectivity index (χ2n) is 5.05. The predicted molar refractivity (Wildman–Crippen MR) is 89.9 cm³/mol. The zero-order chi connectivity index (χ0) is 16.0. The van der Waals surface area contributed by atoms with Gasteiger partial charge in [-0.25, -0.2) is 9.52 Å². The van der Waals surface area contributed by atoms with E-state index in [4.69, 9.17) is 4.42 Å². The number of fused-ring (bicyclic) bond motifs is 3. The summed E-state index contributed by atoms with van der Waals surface area (Å²) in [6.45, 7) is 0. The number of halogens is 1. The molecule has 0 unspecified atom stereocenters. The van der Waals surface area contributed by atoms with Gasteiger partial charge in [0.2, 0.25) is 5.52 Å². The van der Waals surface area contributed by atoms with Gasteiger partial charge in [-0.2, -0.15) is 0 Å². The zero-order valence-corrected chi connectivity index (χ0v) is 13.3. The third-order valence-electron chi connectivity index (χ3n) is 3.60. The zero-order valence-electron chi connectivity index (χ0n) is 11.7. The molecule has 0 spiro atoms. The topological polar surface area (TPSA) is 70.0 Å². The van der Waals surface area contributed by atoms with Gasteiger partial charge < -0.3 is 9.62 Å². The first-order valence-corrected chi connectivity index (χ1v) is 7.64. The summed E-state index contributed by atoms with van der Waals surface area (Å²) in [4.78, 5) is 16.5. The fourth-order valence-corrected chi connectivity index (χ4v) is 2.77. The molecule has 0 N–H and O–H groups in total. The smallest absolute Gasteiger partial charge is 0.351 e. The minimum Gasteiger partial charge on any atom is -0.710 e. The third-order valence-corrected chi connectivity index (χ3v) is 4.12. The van der Waals surface area contributed by atoms with Gasteiger partial charge in [0.1, 0.15) is 11.8 Å². The Kier molecular flexibility index (Phi) is 3.12. The highest BCUT2D eigenvalue weighted by molar-refractivity contribution is 9.10. The predicted octanol–water partition coefficient (Wildman–Crippen LogP) is 3.40. The molecule has 5 nitrogen and oxygen atoms in total. The number of benzene rings is 2. The van der Waals surface area contributed by atoms with Gasteiger partial charge in [0.25, 0.3) is 0 Å². The molecule has 4 aromatic rings. The number of rotatable bonds is 1. The number of para-hydroxylation sites is 1. The molecule has 0 atom stereocenters. The van der Waals surface area contributed by atoms with Crippen LogP contribution in [0.1, 0.15) is 0 Å². The molecule has 0 fully saturated rings. The van der Waals surface area contributed by atoms with E-state index < -0.39 is 5.63 Å². The minimum absolute atomic E-state index is 0.166. The molecule has 2 aromatic heterocycles. The first-order valence-electron chi connectivity index (χ1n) is 6.85. The number of aromatic nitrogens is 2. The second kappa shape index (κ2) is 5.17. The Morgan fingerprint density at radius 2 is 1.78 bits per heavy atom. The van der Waals surface area contributed by atoms with E-state index in [1.54, 1.807) is 24.3 Å². The van der Waals surface area contributed by atoms with Gasteiger partial charge in [0.05, 0.1) is 10.9 Å². The van der Waals surface area contributed by atoms with Gasteiger partial charge in [-0.1, -0.05) is 28.1 Å². The van der Waals surface area contributed by atoms with Crippen molar-refractivity contribution in [1.29, 1.82) is 0 Å². The fraction of sp³-hybridized carbons (Fsp3) is 0. The molecule has 23 heavy (non-hydrogen) atoms. The molecule has 0 aliphatic carbocycles. The van der Waals surface area contributed by atoms with Gasteiger partial charge in [0, 0.05) is 4.47 Å². The Morgan fingerprint density at radius 1 is 1.04 bits per heavy atom. The Labute approximate surface area is 138 Å². The number of hydrogen-bond donors (Lipinski definition) is 0. The van der Waals surface area contributed by atoms with E-state index in [0.717, 1.165) is 4.47 Å². The first kappa shape index (κ1) is 13.9. The molecule has 0 saturated carbocycles. The average Bonchev–Trinajstić information content (AvgIpc) is 2.56. The molecule has 112 valence electrons. The van der Waals surface area contributed by atoms with E-state index in [-0.39, 0.29) is 11.2 Å². The monoisotopic (exact) mass is 368 g/mol. The third kappa shape index (κ3) is 2.27. The lowest BCUT2D eigenvalue weighted by atomic mass is 10.1. The lowest BCUT2D eigenvalue weighted by molar-refractivity contribution is -0.595. The van der Waals surface area contributed by atoms with Crippen LogP contribution in [-0.4, -0.2) is 4.98 Å². The van der Waals surface area contributed by atoms with E-state index in [1.165, 1.54) is 6.20 Å². The Balaban J connectivity index is 2.11. The summed E-state index contributed by atoms with van der Waals surface area (Å²) in [5, 5.41) is 13.1. The maximum absolute atomic E-state index is 12.3. The minimum atomic E-state index is -0.571. The normalized spacial score (nSPS) is 11.2. The van der Waals surface area contributed by atoms with Crippen LogP contribution in [0.3, 0.4) is 0 Å². The molecule has 0 saturated heterocycles. The summed E-state index contributed by atoms with van der Waals surface area (Å²) < 4.78 is 6.74. The Morgan fingerprint density at radius 3 is 2.57 bits per heavy atom. The van der Waals surface area contributed by atoms with Crippen LogP contribution >= 0.6 is 15.9 Å². The van der Waals surface area contributed by atoms with E-state index in [9.17, 15) is 10.0 Å². The molecule has 2 heterocycles. The van der Waals surface area contributed by atoms with Crippen molar-refractivity contribution in [3.8, 4) is 11.4 Å². The molecular formula is C17H9BrN2O3. The van der Waals surface area contributed by atoms with Crippen molar-refractivity contribution in [1.82, 2.24) is 4.98 Å². The largest absolute Gasteiger partial charge is 0.710 e. The van der Waals surface area contributed by atoms with Crippen LogP contribution in [0, 0.1) is 5.21 Å². The average molecular weight is 369 g/mol. The number of hydrogen-bond acceptors (Lipinski definition) is 4. The fourth-order valence-electron chi connectivity index (χ4n) is 2.51. The van der Waals surface area contributed by atoms with Crippen molar-refractivity contribution in [3.63, 3.8) is 0 Å². The van der Waals surface area contributed by atoms with E-state index >= 15 is 0 Å². The highest BCUT2D eigenvalue weighted by atomic mass is 79.9. The summed E-state index contributed by atoms with van der Waals surface area (Å²) in [6, 6.07) is 14.4. The second-order valence-corrected chi connectivity index (χ2v) is 5.96. The SMILES string of the molecule is O=c1oc2ccccc2c2nc(-c3ccc(Br)cc3)[n+]([O-])cc12. The van der Waals surface area contributed by atoms with Gasteiger partial charge in [-0.05, 0) is 41.4 Å². The molecule has 0 radical (unpaired) electrons. The molecule has 0 amide bonds. The highest BCUT2D eigenvalue weighted by Crippen LogP contribution is 2.23. The summed E-state index contributed by atoms with van der Waals surface area (Å²) in [7, 11) is 0. The van der Waals surface area contributed by atoms with Crippen molar-refractivity contribution in [2.24, 2.45) is 0 Å². The maximum atomic E-state index is 12.3. The van der Waals surface area contributed by atoms with Crippen LogP contribution in [-0.2, 0) is 0 Å². The molecular weight excluding hydrogens is 360 g/mol. The molecule has 0 aliphatic rings. The van der Waals surface area contributed by atoms with Crippen molar-refractivity contribution < 1.29 is 9.15 Å². The standard InChI is InChI=1S/C17H9BrN2O3/c18-11-7-5-10(6-8-11)16-19-15-12-3-1-2-4-14(12)23-17(21)13(15)9-20(16)22/h1-9H. The van der Waals surface area contributed by atoms with Crippen molar-refractivity contribution >= 4 is 37.8 Å². The van der Waals surface area contributed by atoms with Crippen LogP contribution in [0.4, 0.5) is 0 Å². The van der Waals surface area contributed by atoms with Crippen molar-refractivity contribution in [2.45, 2.75) is 0 Å². The lowest BCUT2D eigenvalue weighted by Crippen LogP contribution is -2.31. The molecule has 4 rings (SSSR count). The Bertz CT molecular complexity index is 1100. The van der Waals surface area contributed by atoms with Gasteiger partial charge in [-0.3, -0.25) is 0 Å². The van der Waals surface area contributed by atoms with Crippen molar-refractivity contribution in [3.05, 3.63) is 74.8 Å². The molecule has 0 bridgehead atoms. The summed E-state index contributed by atoms with van der Waals surface area (Å²) >= 11 is 3.36. The molecule has 6 heteroatoms. The van der Waals surface area contributed by atoms with Gasteiger partial charge in [-0.15, -0.1) is 0 Å². The summed E-state index contributed by atoms with van der Waals surface area (Å²) in [5.74, 6) is 0.237. The van der Waals surface area contributed by atoms with E-state index in [0.29, 0.717) is 26.8 Å². The molecule has 0 aliphatic heterocycles. The summed E-state index contributed by atoms with van der Waals surface area (Å²) in [5.41, 5.74) is 1.00. The van der Waals surface area contributed by atoms with Crippen LogP contribution in [0.2, 0.25) is 0 Å².